The van der Waals surface area contributed by atoms with E-state index in [0.29, 0.717) is 6.42 Å². The maximum Gasteiger partial charge on any atom is 0.164 e. The zero-order chi connectivity index (χ0) is 12.1. The molecule has 0 amide bonds. The molecule has 0 heterocycles. The zero-order valence-electron chi connectivity index (χ0n) is 10.2. The molecule has 1 aromatic carbocycles. The van der Waals surface area contributed by atoms with Crippen LogP contribution in [0.2, 0.25) is 0 Å². The van der Waals surface area contributed by atoms with Crippen LogP contribution in [0, 0.1) is 18.3 Å². The molecule has 0 saturated carbocycles. The van der Waals surface area contributed by atoms with Crippen molar-refractivity contribution < 1.29 is 9.47 Å². The summed E-state index contributed by atoms with van der Waals surface area (Å²) in [4.78, 5) is 0. The fourth-order valence-electron chi connectivity index (χ4n) is 1.78. The van der Waals surface area contributed by atoms with Gasteiger partial charge in [-0.25, -0.2) is 0 Å². The third-order valence-electron chi connectivity index (χ3n) is 2.68. The van der Waals surface area contributed by atoms with Crippen LogP contribution in [0.4, 0.5) is 0 Å². The molecule has 0 spiro atoms. The van der Waals surface area contributed by atoms with Gasteiger partial charge < -0.3 is 9.47 Å². The van der Waals surface area contributed by atoms with Gasteiger partial charge in [-0.05, 0) is 18.4 Å². The van der Waals surface area contributed by atoms with Crippen LogP contribution < -0.4 is 9.47 Å². The molecule has 16 heavy (non-hydrogen) atoms. The number of rotatable bonds is 4. The fraction of sp³-hybridized carbons (Fsp3) is 0.462. The molecule has 0 aromatic heterocycles. The van der Waals surface area contributed by atoms with Gasteiger partial charge in [-0.1, -0.05) is 19.1 Å². The lowest BCUT2D eigenvalue weighted by Crippen LogP contribution is -2.01. The van der Waals surface area contributed by atoms with Crippen LogP contribution in [0.5, 0.6) is 11.5 Å². The highest BCUT2D eigenvalue weighted by Crippen LogP contribution is 2.38. The Hall–Kier alpha value is -1.69. The lowest BCUT2D eigenvalue weighted by atomic mass is 9.95. The molecule has 1 rings (SSSR count). The average Bonchev–Trinajstić information content (AvgIpc) is 2.28. The molecule has 3 heteroatoms. The van der Waals surface area contributed by atoms with Gasteiger partial charge in [-0.3, -0.25) is 0 Å². The van der Waals surface area contributed by atoms with Crippen molar-refractivity contribution in [1.29, 1.82) is 5.26 Å². The maximum absolute atomic E-state index is 8.72. The van der Waals surface area contributed by atoms with E-state index in [9.17, 15) is 0 Å². The van der Waals surface area contributed by atoms with Crippen molar-refractivity contribution >= 4 is 0 Å². The second kappa shape index (κ2) is 5.41. The van der Waals surface area contributed by atoms with Gasteiger partial charge in [0.15, 0.2) is 11.5 Å². The van der Waals surface area contributed by atoms with Gasteiger partial charge in [0.1, 0.15) is 0 Å². The predicted molar refractivity (Wildman–Crippen MR) is 62.9 cm³/mol. The maximum atomic E-state index is 8.72. The van der Waals surface area contributed by atoms with Crippen molar-refractivity contribution in [2.75, 3.05) is 14.2 Å². The molecule has 0 unspecified atom stereocenters. The summed E-state index contributed by atoms with van der Waals surface area (Å²) < 4.78 is 10.7. The summed E-state index contributed by atoms with van der Waals surface area (Å²) in [6, 6.07) is 6.16. The first-order valence-electron chi connectivity index (χ1n) is 5.24. The summed E-state index contributed by atoms with van der Waals surface area (Å²) in [6.07, 6.45) is 0.475. The van der Waals surface area contributed by atoms with Crippen molar-refractivity contribution in [3.8, 4) is 17.6 Å². The number of aryl methyl sites for hydroxylation is 1. The quantitative estimate of drug-likeness (QED) is 0.781. The molecule has 1 atom stereocenters. The van der Waals surface area contributed by atoms with Crippen LogP contribution in [0.15, 0.2) is 12.1 Å². The van der Waals surface area contributed by atoms with Crippen molar-refractivity contribution in [3.63, 3.8) is 0 Å². The first-order chi connectivity index (χ1) is 7.65. The lowest BCUT2D eigenvalue weighted by Gasteiger charge is -2.17. The third kappa shape index (κ3) is 2.27. The number of methoxy groups -OCH3 is 2. The van der Waals surface area contributed by atoms with Gasteiger partial charge in [0.25, 0.3) is 0 Å². The molecule has 0 aliphatic heterocycles. The van der Waals surface area contributed by atoms with Crippen LogP contribution in [0.3, 0.4) is 0 Å². The zero-order valence-corrected chi connectivity index (χ0v) is 10.2. The molecule has 0 aliphatic rings. The van der Waals surface area contributed by atoms with E-state index in [-0.39, 0.29) is 5.92 Å². The number of ether oxygens (including phenoxy) is 2. The van der Waals surface area contributed by atoms with Crippen molar-refractivity contribution in [1.82, 2.24) is 0 Å². The molecule has 0 fully saturated rings. The van der Waals surface area contributed by atoms with Crippen LogP contribution in [-0.4, -0.2) is 14.2 Å². The highest BCUT2D eigenvalue weighted by molar-refractivity contribution is 5.52. The largest absolute Gasteiger partial charge is 0.493 e. The van der Waals surface area contributed by atoms with Crippen LogP contribution in [-0.2, 0) is 0 Å². The Morgan fingerprint density at radius 1 is 1.25 bits per heavy atom. The Labute approximate surface area is 96.6 Å². The van der Waals surface area contributed by atoms with E-state index in [1.54, 1.807) is 14.2 Å². The molecule has 1 aromatic rings. The summed E-state index contributed by atoms with van der Waals surface area (Å²) in [7, 11) is 3.25. The van der Waals surface area contributed by atoms with Gasteiger partial charge in [-0.2, -0.15) is 5.26 Å². The number of benzene rings is 1. The molecule has 0 radical (unpaired) electrons. The standard InChI is InChI=1S/C13H17NO2/c1-9(7-8-14)11-6-5-10(2)12(15-3)13(11)16-4/h5-6,9H,7H2,1-4H3/t9-/m1/s1. The van der Waals surface area contributed by atoms with E-state index >= 15 is 0 Å². The Bertz CT molecular complexity index is 407. The first kappa shape index (κ1) is 12.4. The second-order valence-corrected chi connectivity index (χ2v) is 3.80. The molecule has 0 bridgehead atoms. The Morgan fingerprint density at radius 3 is 2.38 bits per heavy atom. The minimum Gasteiger partial charge on any atom is -0.493 e. The summed E-state index contributed by atoms with van der Waals surface area (Å²) in [5.41, 5.74) is 2.05. The minimum absolute atomic E-state index is 0.148. The molecular weight excluding hydrogens is 202 g/mol. The first-order valence-corrected chi connectivity index (χ1v) is 5.24. The highest BCUT2D eigenvalue weighted by atomic mass is 16.5. The topological polar surface area (TPSA) is 42.2 Å². The Balaban J connectivity index is 3.25. The van der Waals surface area contributed by atoms with Gasteiger partial charge in [0.05, 0.1) is 20.3 Å². The van der Waals surface area contributed by atoms with E-state index in [1.807, 2.05) is 26.0 Å². The molecule has 3 nitrogen and oxygen atoms in total. The Kier molecular flexibility index (Phi) is 4.19. The number of hydrogen-bond donors (Lipinski definition) is 0. The van der Waals surface area contributed by atoms with E-state index in [4.69, 9.17) is 14.7 Å². The summed E-state index contributed by atoms with van der Waals surface area (Å²) in [5, 5.41) is 8.72. The summed E-state index contributed by atoms with van der Waals surface area (Å²) in [6.45, 7) is 3.98. The lowest BCUT2D eigenvalue weighted by molar-refractivity contribution is 0.348. The third-order valence-corrected chi connectivity index (χ3v) is 2.68. The van der Waals surface area contributed by atoms with E-state index in [0.717, 1.165) is 22.6 Å². The van der Waals surface area contributed by atoms with Crippen molar-refractivity contribution in [2.24, 2.45) is 0 Å². The van der Waals surface area contributed by atoms with Gasteiger partial charge in [-0.15, -0.1) is 0 Å². The average molecular weight is 219 g/mol. The predicted octanol–water partition coefficient (Wildman–Crippen LogP) is 3.03. The Morgan fingerprint density at radius 2 is 1.88 bits per heavy atom. The molecule has 0 aliphatic carbocycles. The number of nitriles is 1. The van der Waals surface area contributed by atoms with Gasteiger partial charge >= 0.3 is 0 Å². The summed E-state index contributed by atoms with van der Waals surface area (Å²) >= 11 is 0. The molecule has 0 N–H and O–H groups in total. The highest BCUT2D eigenvalue weighted by Gasteiger charge is 2.17. The van der Waals surface area contributed by atoms with Gasteiger partial charge in [0.2, 0.25) is 0 Å². The molecule has 0 saturated heterocycles. The van der Waals surface area contributed by atoms with E-state index in [1.165, 1.54) is 0 Å². The van der Waals surface area contributed by atoms with Crippen LogP contribution >= 0.6 is 0 Å². The van der Waals surface area contributed by atoms with Crippen LogP contribution in [0.25, 0.3) is 0 Å². The smallest absolute Gasteiger partial charge is 0.164 e. The van der Waals surface area contributed by atoms with Crippen LogP contribution in [0.1, 0.15) is 30.4 Å². The monoisotopic (exact) mass is 219 g/mol. The fourth-order valence-corrected chi connectivity index (χ4v) is 1.78. The van der Waals surface area contributed by atoms with Crippen molar-refractivity contribution in [3.05, 3.63) is 23.3 Å². The minimum atomic E-state index is 0.148. The summed E-state index contributed by atoms with van der Waals surface area (Å²) in [5.74, 6) is 1.64. The van der Waals surface area contributed by atoms with Gasteiger partial charge in [0, 0.05) is 12.0 Å². The van der Waals surface area contributed by atoms with Crippen molar-refractivity contribution in [2.45, 2.75) is 26.2 Å². The van der Waals surface area contributed by atoms with E-state index < -0.39 is 0 Å². The normalized spacial score (nSPS) is 11.7. The number of hydrogen-bond acceptors (Lipinski definition) is 3. The SMILES string of the molecule is COc1c(C)ccc([C@H](C)CC#N)c1OC. The molecule has 86 valence electrons. The second-order valence-electron chi connectivity index (χ2n) is 3.80. The molecular formula is C13H17NO2. The number of nitrogens with zero attached hydrogens (tertiary/aromatic N) is 1. The van der Waals surface area contributed by atoms with E-state index in [2.05, 4.69) is 6.07 Å².